The number of carbonyl (C=O) groups excluding carboxylic acids is 3. The van der Waals surface area contributed by atoms with Crippen molar-refractivity contribution >= 4 is 57.6 Å². The van der Waals surface area contributed by atoms with E-state index >= 15 is 0 Å². The lowest BCUT2D eigenvalue weighted by molar-refractivity contribution is -0.121. The molecule has 0 saturated carbocycles. The summed E-state index contributed by atoms with van der Waals surface area (Å²) in [7, 11) is 0. The summed E-state index contributed by atoms with van der Waals surface area (Å²) in [5, 5.41) is 3.61. The van der Waals surface area contributed by atoms with Crippen LogP contribution in [0.15, 0.2) is 103 Å². The van der Waals surface area contributed by atoms with E-state index in [-0.39, 0.29) is 28.1 Å². The second kappa shape index (κ2) is 9.44. The zero-order chi connectivity index (χ0) is 28.5. The van der Waals surface area contributed by atoms with Gasteiger partial charge in [-0.1, -0.05) is 96.0 Å². The van der Waals surface area contributed by atoms with Crippen LogP contribution in [0.3, 0.4) is 0 Å². The van der Waals surface area contributed by atoms with Gasteiger partial charge in [0.25, 0.3) is 0 Å². The molecule has 4 atom stereocenters. The van der Waals surface area contributed by atoms with Crippen molar-refractivity contribution in [3.63, 3.8) is 0 Å². The van der Waals surface area contributed by atoms with E-state index in [1.54, 1.807) is 36.4 Å². The molecule has 4 aromatic carbocycles. The van der Waals surface area contributed by atoms with E-state index in [2.05, 4.69) is 5.32 Å². The molecule has 0 radical (unpaired) electrons. The summed E-state index contributed by atoms with van der Waals surface area (Å²) in [6.45, 7) is 2.00. The van der Waals surface area contributed by atoms with Crippen molar-refractivity contribution in [2.75, 3.05) is 10.2 Å². The number of carbonyl (C=O) groups is 3. The molecule has 7 rings (SSSR count). The second-order valence-corrected chi connectivity index (χ2v) is 11.6. The number of amides is 1. The Morgan fingerprint density at radius 2 is 1.56 bits per heavy atom. The average Bonchev–Trinajstić information content (AvgIpc) is 3.45. The minimum absolute atomic E-state index is 0.173. The van der Waals surface area contributed by atoms with E-state index < -0.39 is 23.4 Å². The number of benzene rings is 4. The molecule has 1 spiro atoms. The van der Waals surface area contributed by atoms with Crippen molar-refractivity contribution < 1.29 is 14.4 Å². The number of para-hydroxylation sites is 2. The van der Waals surface area contributed by atoms with Crippen molar-refractivity contribution in [3.8, 4) is 0 Å². The lowest BCUT2D eigenvalue weighted by Crippen LogP contribution is -2.51. The summed E-state index contributed by atoms with van der Waals surface area (Å²) in [6, 6.07) is 27.3. The van der Waals surface area contributed by atoms with E-state index in [9.17, 15) is 14.4 Å². The largest absolute Gasteiger partial charge is 0.352 e. The summed E-state index contributed by atoms with van der Waals surface area (Å²) in [4.78, 5) is 45.9. The molecule has 3 heterocycles. The maximum absolute atomic E-state index is 14.9. The molecule has 4 aromatic rings. The molecule has 1 N–H and O–H groups in total. The first-order chi connectivity index (χ1) is 19.8. The van der Waals surface area contributed by atoms with Crippen LogP contribution in [0.25, 0.3) is 5.57 Å². The third-order valence-corrected chi connectivity index (χ3v) is 9.24. The average molecular weight is 579 g/mol. The molecule has 1 amide bonds. The van der Waals surface area contributed by atoms with Crippen LogP contribution < -0.4 is 10.2 Å². The van der Waals surface area contributed by atoms with Crippen LogP contribution in [0.4, 0.5) is 11.4 Å². The first kappa shape index (κ1) is 25.8. The van der Waals surface area contributed by atoms with Gasteiger partial charge in [-0.05, 0) is 48.4 Å². The van der Waals surface area contributed by atoms with Crippen LogP contribution in [0, 0.1) is 5.92 Å². The predicted octanol–water partition coefficient (Wildman–Crippen LogP) is 7.24. The Morgan fingerprint density at radius 1 is 0.854 bits per heavy atom. The van der Waals surface area contributed by atoms with E-state index in [4.69, 9.17) is 23.2 Å². The number of rotatable bonds is 4. The molecule has 3 aliphatic rings. The van der Waals surface area contributed by atoms with E-state index in [1.807, 2.05) is 72.5 Å². The number of Topliss-reactive ketones (excluding diaryl/α,β-unsaturated/α-hetero) is 2. The molecule has 3 aliphatic heterocycles. The molecule has 202 valence electrons. The van der Waals surface area contributed by atoms with Gasteiger partial charge in [0.1, 0.15) is 11.5 Å². The smallest absolute Gasteiger partial charge is 0.238 e. The molecular weight excluding hydrogens is 555 g/mol. The molecule has 7 heteroatoms. The van der Waals surface area contributed by atoms with Crippen LogP contribution in [-0.2, 0) is 10.2 Å². The molecule has 0 aromatic heterocycles. The van der Waals surface area contributed by atoms with Gasteiger partial charge in [-0.3, -0.25) is 14.4 Å². The molecule has 5 nitrogen and oxygen atoms in total. The number of nitrogens with one attached hydrogen (secondary N) is 1. The second-order valence-electron chi connectivity index (χ2n) is 10.7. The Labute approximate surface area is 247 Å². The Hall–Kier alpha value is -4.19. The van der Waals surface area contributed by atoms with E-state index in [1.165, 1.54) is 6.07 Å². The third kappa shape index (κ3) is 3.59. The zero-order valence-corrected chi connectivity index (χ0v) is 23.5. The number of fused-ring (bicyclic) bond motifs is 6. The van der Waals surface area contributed by atoms with Gasteiger partial charge in [-0.2, -0.15) is 0 Å². The van der Waals surface area contributed by atoms with Crippen LogP contribution in [0.1, 0.15) is 38.8 Å². The fraction of sp³-hybridized carbons (Fsp3) is 0.147. The molecule has 1 fully saturated rings. The normalized spacial score (nSPS) is 23.9. The maximum atomic E-state index is 14.9. The summed E-state index contributed by atoms with van der Waals surface area (Å²) in [6.07, 6.45) is 2.03. The van der Waals surface area contributed by atoms with E-state index in [0.717, 1.165) is 16.8 Å². The Bertz CT molecular complexity index is 1800. The lowest BCUT2D eigenvalue weighted by atomic mass is 9.64. The van der Waals surface area contributed by atoms with Crippen LogP contribution >= 0.6 is 23.2 Å². The minimum atomic E-state index is -1.40. The van der Waals surface area contributed by atoms with Crippen LogP contribution in [-0.4, -0.2) is 29.6 Å². The summed E-state index contributed by atoms with van der Waals surface area (Å²) in [5.74, 6) is -2.04. The highest BCUT2D eigenvalue weighted by Gasteiger charge is 2.70. The van der Waals surface area contributed by atoms with Gasteiger partial charge in [0.05, 0.1) is 17.0 Å². The fourth-order valence-electron chi connectivity index (χ4n) is 7.02. The molecular formula is C34H24Cl2N2O3. The highest BCUT2D eigenvalue weighted by molar-refractivity contribution is 6.37. The SMILES string of the molecule is CC1=C[C@@H]2N(c3ccccc31)[C@H](C(=O)c1ccccc1)[C@@H](C(=O)c1ccc(Cl)cc1Cl)[C@]21C(=O)Nc2ccccc21. The van der Waals surface area contributed by atoms with Gasteiger partial charge in [-0.25, -0.2) is 0 Å². The maximum Gasteiger partial charge on any atom is 0.238 e. The lowest BCUT2D eigenvalue weighted by Gasteiger charge is -2.39. The predicted molar refractivity (Wildman–Crippen MR) is 162 cm³/mol. The van der Waals surface area contributed by atoms with Crippen molar-refractivity contribution in [1.82, 2.24) is 0 Å². The summed E-state index contributed by atoms with van der Waals surface area (Å²) in [5.41, 5.74) is 3.34. The summed E-state index contributed by atoms with van der Waals surface area (Å²) >= 11 is 12.8. The van der Waals surface area contributed by atoms with Gasteiger partial charge in [0, 0.05) is 33.1 Å². The minimum Gasteiger partial charge on any atom is -0.352 e. The number of halogens is 2. The first-order valence-corrected chi connectivity index (χ1v) is 14.1. The van der Waals surface area contributed by atoms with Crippen LogP contribution in [0.2, 0.25) is 10.0 Å². The molecule has 1 saturated heterocycles. The first-order valence-electron chi connectivity index (χ1n) is 13.4. The van der Waals surface area contributed by atoms with Crippen molar-refractivity contribution in [2.24, 2.45) is 5.92 Å². The van der Waals surface area contributed by atoms with Crippen molar-refractivity contribution in [3.05, 3.63) is 135 Å². The monoisotopic (exact) mass is 578 g/mol. The van der Waals surface area contributed by atoms with Gasteiger partial charge in [0.2, 0.25) is 5.91 Å². The van der Waals surface area contributed by atoms with Crippen LogP contribution in [0.5, 0.6) is 0 Å². The standard InChI is InChI=1S/C34H24Cl2N2O3/c1-19-17-28-34(24-12-6-7-13-26(24)37-33(34)41)29(32(40)23-16-15-21(35)18-25(23)36)30(31(39)20-9-3-2-4-10-20)38(28)27-14-8-5-11-22(19)27/h2-18,28-30H,1H3,(H,37,41)/t28-,29-,30-,34+/m0/s1. The molecule has 0 aliphatic carbocycles. The van der Waals surface area contributed by atoms with Crippen molar-refractivity contribution in [1.29, 1.82) is 0 Å². The molecule has 0 unspecified atom stereocenters. The van der Waals surface area contributed by atoms with Gasteiger partial charge >= 0.3 is 0 Å². The number of hydrogen-bond donors (Lipinski definition) is 1. The topological polar surface area (TPSA) is 66.5 Å². The Kier molecular flexibility index (Phi) is 5.93. The number of allylic oxidation sites excluding steroid dienone is 1. The number of nitrogens with zero attached hydrogens (tertiary/aromatic N) is 1. The quantitative estimate of drug-likeness (QED) is 0.259. The third-order valence-electron chi connectivity index (χ3n) is 8.69. The Morgan fingerprint density at radius 3 is 2.34 bits per heavy atom. The Balaban J connectivity index is 1.57. The highest BCUT2D eigenvalue weighted by atomic mass is 35.5. The molecule has 0 bridgehead atoms. The van der Waals surface area contributed by atoms with Gasteiger partial charge in [-0.15, -0.1) is 0 Å². The fourth-order valence-corrected chi connectivity index (χ4v) is 7.52. The number of ketones is 2. The van der Waals surface area contributed by atoms with E-state index in [0.29, 0.717) is 21.8 Å². The number of hydrogen-bond acceptors (Lipinski definition) is 4. The van der Waals surface area contributed by atoms with Gasteiger partial charge in [0.15, 0.2) is 11.6 Å². The number of anilines is 2. The van der Waals surface area contributed by atoms with Crippen molar-refractivity contribution in [2.45, 2.75) is 24.4 Å². The molecule has 41 heavy (non-hydrogen) atoms. The summed E-state index contributed by atoms with van der Waals surface area (Å²) < 4.78 is 0. The highest BCUT2D eigenvalue weighted by Crippen LogP contribution is 2.59. The zero-order valence-electron chi connectivity index (χ0n) is 22.0. The van der Waals surface area contributed by atoms with Gasteiger partial charge < -0.3 is 10.2 Å².